The van der Waals surface area contributed by atoms with Gasteiger partial charge in [-0.3, -0.25) is 9.59 Å². The van der Waals surface area contributed by atoms with Gasteiger partial charge in [0.1, 0.15) is 0 Å². The second-order valence-electron chi connectivity index (χ2n) is 5.74. The van der Waals surface area contributed by atoms with Crippen molar-refractivity contribution in [3.63, 3.8) is 0 Å². The van der Waals surface area contributed by atoms with Crippen LogP contribution >= 0.6 is 0 Å². The Labute approximate surface area is 152 Å². The Balaban J connectivity index is 3.63. The van der Waals surface area contributed by atoms with E-state index in [1.807, 2.05) is 24.3 Å². The normalized spacial score (nSPS) is 12.5. The van der Waals surface area contributed by atoms with Gasteiger partial charge in [-0.15, -0.1) is 0 Å². The van der Waals surface area contributed by atoms with Crippen molar-refractivity contribution in [1.82, 2.24) is 0 Å². The Morgan fingerprint density at radius 2 is 1.52 bits per heavy atom. The predicted molar refractivity (Wildman–Crippen MR) is 106 cm³/mol. The summed E-state index contributed by atoms with van der Waals surface area (Å²) in [6.07, 6.45) is 26.9. The summed E-state index contributed by atoms with van der Waals surface area (Å²) in [6.45, 7) is 2.10. The number of allylic oxidation sites excluding steroid dienone is 10. The highest BCUT2D eigenvalue weighted by Gasteiger charge is 1.94. The summed E-state index contributed by atoms with van der Waals surface area (Å²) in [7, 11) is 0. The van der Waals surface area contributed by atoms with Crippen LogP contribution in [0.25, 0.3) is 0 Å². The lowest BCUT2D eigenvalue weighted by Gasteiger charge is -1.94. The molecule has 0 heterocycles. The first-order chi connectivity index (χ1) is 12.2. The molecule has 0 spiro atoms. The predicted octanol–water partition coefficient (Wildman–Crippen LogP) is 5.95. The molecule has 25 heavy (non-hydrogen) atoms. The van der Waals surface area contributed by atoms with E-state index in [4.69, 9.17) is 5.11 Å². The van der Waals surface area contributed by atoms with Crippen LogP contribution < -0.4 is 0 Å². The van der Waals surface area contributed by atoms with Crippen molar-refractivity contribution in [3.05, 3.63) is 60.8 Å². The maximum Gasteiger partial charge on any atom is 0.303 e. The van der Waals surface area contributed by atoms with Crippen molar-refractivity contribution >= 4 is 11.8 Å². The largest absolute Gasteiger partial charge is 0.481 e. The molecule has 0 atom stereocenters. The van der Waals surface area contributed by atoms with Crippen LogP contribution in [0.4, 0.5) is 0 Å². The van der Waals surface area contributed by atoms with Crippen molar-refractivity contribution < 1.29 is 14.7 Å². The van der Waals surface area contributed by atoms with Crippen LogP contribution in [0.3, 0.4) is 0 Å². The summed E-state index contributed by atoms with van der Waals surface area (Å²) in [5.74, 6) is -0.613. The van der Waals surface area contributed by atoms with Gasteiger partial charge in [0, 0.05) is 12.8 Å². The van der Waals surface area contributed by atoms with E-state index in [0.29, 0.717) is 6.42 Å². The number of hydrogen-bond donors (Lipinski definition) is 1. The molecule has 0 aliphatic carbocycles. The molecule has 138 valence electrons. The molecule has 0 aromatic rings. The van der Waals surface area contributed by atoms with Gasteiger partial charge in [0.2, 0.25) is 0 Å². The third kappa shape index (κ3) is 19.8. The monoisotopic (exact) mass is 344 g/mol. The fourth-order valence-electron chi connectivity index (χ4n) is 2.03. The zero-order valence-electron chi connectivity index (χ0n) is 15.4. The SMILES string of the molecule is CC/C=C\C/C=C\C=C\C(=O)C/C=C\C/C=C\CCCCCC(=O)O. The average molecular weight is 344 g/mol. The van der Waals surface area contributed by atoms with E-state index in [2.05, 4.69) is 31.2 Å². The lowest BCUT2D eigenvalue weighted by Crippen LogP contribution is -1.93. The third-order valence-electron chi connectivity index (χ3n) is 3.39. The maximum absolute atomic E-state index is 11.6. The van der Waals surface area contributed by atoms with Crippen LogP contribution in [-0.4, -0.2) is 16.9 Å². The topological polar surface area (TPSA) is 54.4 Å². The van der Waals surface area contributed by atoms with Gasteiger partial charge in [-0.2, -0.15) is 0 Å². The fourth-order valence-corrected chi connectivity index (χ4v) is 2.03. The van der Waals surface area contributed by atoms with Gasteiger partial charge < -0.3 is 5.11 Å². The van der Waals surface area contributed by atoms with Gasteiger partial charge in [-0.05, 0) is 44.6 Å². The van der Waals surface area contributed by atoms with Crippen molar-refractivity contribution in [1.29, 1.82) is 0 Å². The van der Waals surface area contributed by atoms with Crippen LogP contribution in [0.2, 0.25) is 0 Å². The highest BCUT2D eigenvalue weighted by molar-refractivity contribution is 5.90. The summed E-state index contributed by atoms with van der Waals surface area (Å²) in [5, 5.41) is 8.52. The standard InChI is InChI=1S/C22H32O3/c1-2-3-4-5-9-12-15-18-21(23)19-16-13-10-7-6-8-11-14-17-20-22(24)25/h3-4,6-7,9,12-13,15-16,18H,2,5,8,10-11,14,17,19-20H2,1H3,(H,24,25)/b4-3-,7-6-,12-9-,16-13-,18-15+. The number of carboxylic acid groups (broad SMARTS) is 1. The molecule has 0 rings (SSSR count). The molecule has 0 aliphatic rings. The summed E-state index contributed by atoms with van der Waals surface area (Å²) < 4.78 is 0. The van der Waals surface area contributed by atoms with E-state index < -0.39 is 5.97 Å². The smallest absolute Gasteiger partial charge is 0.303 e. The molecule has 3 heteroatoms. The van der Waals surface area contributed by atoms with Crippen LogP contribution in [0, 0.1) is 0 Å². The Morgan fingerprint density at radius 3 is 2.28 bits per heavy atom. The van der Waals surface area contributed by atoms with E-state index in [-0.39, 0.29) is 12.2 Å². The minimum Gasteiger partial charge on any atom is -0.481 e. The van der Waals surface area contributed by atoms with E-state index in [1.54, 1.807) is 12.2 Å². The van der Waals surface area contributed by atoms with Gasteiger partial charge in [0.25, 0.3) is 0 Å². The molecule has 0 aliphatic heterocycles. The molecular weight excluding hydrogens is 312 g/mol. The van der Waals surface area contributed by atoms with Gasteiger partial charge >= 0.3 is 5.97 Å². The zero-order valence-corrected chi connectivity index (χ0v) is 15.4. The van der Waals surface area contributed by atoms with Crippen LogP contribution in [0.15, 0.2) is 60.8 Å². The molecule has 0 aromatic carbocycles. The highest BCUT2D eigenvalue weighted by atomic mass is 16.4. The molecular formula is C22H32O3. The van der Waals surface area contributed by atoms with Crippen LogP contribution in [0.1, 0.15) is 64.7 Å². The third-order valence-corrected chi connectivity index (χ3v) is 3.39. The second-order valence-corrected chi connectivity index (χ2v) is 5.74. The Kier molecular flexibility index (Phi) is 16.6. The summed E-state index contributed by atoms with van der Waals surface area (Å²) >= 11 is 0. The van der Waals surface area contributed by atoms with Crippen molar-refractivity contribution in [3.8, 4) is 0 Å². The van der Waals surface area contributed by atoms with Gasteiger partial charge in [0.05, 0.1) is 0 Å². The van der Waals surface area contributed by atoms with E-state index in [1.165, 1.54) is 0 Å². The molecule has 0 radical (unpaired) electrons. The maximum atomic E-state index is 11.6. The van der Waals surface area contributed by atoms with Gasteiger partial charge in [0.15, 0.2) is 5.78 Å². The first kappa shape index (κ1) is 22.8. The van der Waals surface area contributed by atoms with Crippen molar-refractivity contribution in [2.24, 2.45) is 0 Å². The number of carbonyl (C=O) groups excluding carboxylic acids is 1. The van der Waals surface area contributed by atoms with E-state index in [0.717, 1.165) is 44.9 Å². The Morgan fingerprint density at radius 1 is 0.800 bits per heavy atom. The van der Waals surface area contributed by atoms with Crippen molar-refractivity contribution in [2.75, 3.05) is 0 Å². The number of carbonyl (C=O) groups is 2. The molecule has 0 saturated heterocycles. The quantitative estimate of drug-likeness (QED) is 0.173. The highest BCUT2D eigenvalue weighted by Crippen LogP contribution is 2.04. The first-order valence-electron chi connectivity index (χ1n) is 9.19. The molecule has 0 unspecified atom stereocenters. The van der Waals surface area contributed by atoms with Crippen molar-refractivity contribution in [2.45, 2.75) is 64.7 Å². The van der Waals surface area contributed by atoms with Crippen LogP contribution in [-0.2, 0) is 9.59 Å². The summed E-state index contributed by atoms with van der Waals surface area (Å²) in [4.78, 5) is 22.0. The second kappa shape index (κ2) is 18.2. The number of hydrogen-bond acceptors (Lipinski definition) is 2. The Hall–Kier alpha value is -2.16. The van der Waals surface area contributed by atoms with E-state index >= 15 is 0 Å². The molecule has 0 saturated carbocycles. The lowest BCUT2D eigenvalue weighted by atomic mass is 10.1. The minimum absolute atomic E-state index is 0.104. The molecule has 0 amide bonds. The number of rotatable bonds is 15. The number of carboxylic acids is 1. The fraction of sp³-hybridized carbons (Fsp3) is 0.455. The number of unbranched alkanes of at least 4 members (excludes halogenated alkanes) is 3. The van der Waals surface area contributed by atoms with E-state index in [9.17, 15) is 9.59 Å². The molecule has 1 N–H and O–H groups in total. The van der Waals surface area contributed by atoms with Gasteiger partial charge in [-0.1, -0.05) is 68.0 Å². The number of aliphatic carboxylic acids is 1. The number of ketones is 1. The van der Waals surface area contributed by atoms with Crippen LogP contribution in [0.5, 0.6) is 0 Å². The molecule has 0 fully saturated rings. The molecule has 0 bridgehead atoms. The Bertz CT molecular complexity index is 493. The minimum atomic E-state index is -0.717. The average Bonchev–Trinajstić information content (AvgIpc) is 2.58. The summed E-state index contributed by atoms with van der Waals surface area (Å²) in [6, 6.07) is 0. The zero-order chi connectivity index (χ0) is 18.6. The molecule has 3 nitrogen and oxygen atoms in total. The lowest BCUT2D eigenvalue weighted by molar-refractivity contribution is -0.137. The summed E-state index contributed by atoms with van der Waals surface area (Å²) in [5.41, 5.74) is 0. The molecule has 0 aromatic heterocycles. The first-order valence-corrected chi connectivity index (χ1v) is 9.19. The van der Waals surface area contributed by atoms with Gasteiger partial charge in [-0.25, -0.2) is 0 Å².